The Hall–Kier alpha value is -1.50. The number of pyridine rings is 1. The summed E-state index contributed by atoms with van der Waals surface area (Å²) >= 11 is 2.00. The first-order valence-electron chi connectivity index (χ1n) is 9.44. The van der Waals surface area contributed by atoms with Crippen LogP contribution in [0, 0.1) is 16.3 Å². The Morgan fingerprint density at radius 1 is 1.33 bits per heavy atom. The Kier molecular flexibility index (Phi) is 6.61. The number of aryl methyl sites for hydroxylation is 1. The molecule has 3 rings (SSSR count). The maximum absolute atomic E-state index is 14.4. The molecule has 1 aromatic carbocycles. The van der Waals surface area contributed by atoms with Crippen LogP contribution in [0.1, 0.15) is 36.1 Å². The Bertz CT molecular complexity index is 1130. The quantitative estimate of drug-likeness (QED) is 0.437. The molecule has 7 nitrogen and oxygen atoms in total. The molecule has 1 aliphatic rings. The molecule has 1 fully saturated rings. The number of aliphatic hydroxyl groups is 2. The van der Waals surface area contributed by atoms with Crippen molar-refractivity contribution in [3.05, 3.63) is 60.8 Å². The van der Waals surface area contributed by atoms with Crippen LogP contribution in [0.3, 0.4) is 0 Å². The number of rotatable bonds is 8. The molecule has 10 heteroatoms. The van der Waals surface area contributed by atoms with Crippen LogP contribution in [-0.2, 0) is 23.5 Å². The number of sulfonamides is 1. The van der Waals surface area contributed by atoms with E-state index in [1.54, 1.807) is 19.1 Å². The molecule has 30 heavy (non-hydrogen) atoms. The Labute approximate surface area is 188 Å². The highest BCUT2D eigenvalue weighted by Crippen LogP contribution is 2.48. The third-order valence-electron chi connectivity index (χ3n) is 5.53. The number of halogens is 2. The van der Waals surface area contributed by atoms with Crippen LogP contribution in [0.4, 0.5) is 10.1 Å². The SMILES string of the molecule is Cc1cc(NS(=O)(=O)C2(C[C@H](O)CO)CC2)c(Cc2ccc(I)cc2F)n(C)c1=O. The predicted octanol–water partition coefficient (Wildman–Crippen LogP) is 2.05. The van der Waals surface area contributed by atoms with Crippen LogP contribution < -0.4 is 10.3 Å². The molecule has 1 saturated carbocycles. The molecule has 0 saturated heterocycles. The highest BCUT2D eigenvalue weighted by atomic mass is 127. The Balaban J connectivity index is 2.01. The van der Waals surface area contributed by atoms with E-state index in [1.807, 2.05) is 22.6 Å². The lowest BCUT2D eigenvalue weighted by molar-refractivity contribution is 0.0858. The largest absolute Gasteiger partial charge is 0.394 e. The summed E-state index contributed by atoms with van der Waals surface area (Å²) in [6, 6.07) is 6.18. The van der Waals surface area contributed by atoms with Crippen LogP contribution in [0.2, 0.25) is 0 Å². The molecule has 0 amide bonds. The molecule has 2 aromatic rings. The maximum Gasteiger partial charge on any atom is 0.253 e. The van der Waals surface area contributed by atoms with E-state index < -0.39 is 33.3 Å². The number of aromatic nitrogens is 1. The van der Waals surface area contributed by atoms with E-state index in [1.165, 1.54) is 23.7 Å². The Morgan fingerprint density at radius 3 is 2.57 bits per heavy atom. The normalized spacial score (nSPS) is 16.3. The zero-order valence-electron chi connectivity index (χ0n) is 16.7. The van der Waals surface area contributed by atoms with Gasteiger partial charge in [0.1, 0.15) is 5.82 Å². The lowest BCUT2D eigenvalue weighted by Crippen LogP contribution is -2.35. The average Bonchev–Trinajstić information content (AvgIpc) is 3.45. The summed E-state index contributed by atoms with van der Waals surface area (Å²) in [6.07, 6.45) is -0.453. The van der Waals surface area contributed by atoms with Crippen molar-refractivity contribution in [2.45, 2.75) is 43.5 Å². The number of hydrogen-bond donors (Lipinski definition) is 3. The number of nitrogens with zero attached hydrogens (tertiary/aromatic N) is 1. The van der Waals surface area contributed by atoms with Gasteiger partial charge in [0.2, 0.25) is 10.0 Å². The second-order valence-electron chi connectivity index (χ2n) is 7.79. The van der Waals surface area contributed by atoms with Gasteiger partial charge in [-0.25, -0.2) is 12.8 Å². The van der Waals surface area contributed by atoms with Gasteiger partial charge in [0.05, 0.1) is 23.1 Å². The van der Waals surface area contributed by atoms with Gasteiger partial charge in [-0.05, 0) is 72.5 Å². The van der Waals surface area contributed by atoms with E-state index in [9.17, 15) is 22.7 Å². The lowest BCUT2D eigenvalue weighted by Gasteiger charge is -2.22. The van der Waals surface area contributed by atoms with Crippen LogP contribution >= 0.6 is 22.6 Å². The van der Waals surface area contributed by atoms with Gasteiger partial charge in [0.15, 0.2) is 0 Å². The van der Waals surface area contributed by atoms with Gasteiger partial charge in [-0.3, -0.25) is 9.52 Å². The summed E-state index contributed by atoms with van der Waals surface area (Å²) in [7, 11) is -2.39. The molecule has 1 heterocycles. The molecule has 1 atom stereocenters. The molecule has 0 unspecified atom stereocenters. The number of nitrogens with one attached hydrogen (secondary N) is 1. The maximum atomic E-state index is 14.4. The van der Waals surface area contributed by atoms with Crippen molar-refractivity contribution in [3.8, 4) is 0 Å². The molecule has 0 spiro atoms. The minimum atomic E-state index is -3.92. The van der Waals surface area contributed by atoms with E-state index in [-0.39, 0.29) is 24.1 Å². The fourth-order valence-electron chi connectivity index (χ4n) is 3.55. The van der Waals surface area contributed by atoms with Crippen LogP contribution in [0.5, 0.6) is 0 Å². The third-order valence-corrected chi connectivity index (χ3v) is 8.41. The van der Waals surface area contributed by atoms with E-state index in [2.05, 4.69) is 4.72 Å². The molecule has 0 aliphatic heterocycles. The summed E-state index contributed by atoms with van der Waals surface area (Å²) in [5, 5.41) is 18.9. The lowest BCUT2D eigenvalue weighted by atomic mass is 10.1. The number of aliphatic hydroxyl groups excluding tert-OH is 2. The molecule has 3 N–H and O–H groups in total. The second-order valence-corrected chi connectivity index (χ2v) is 11.1. The molecular weight excluding hydrogens is 526 g/mol. The monoisotopic (exact) mass is 550 g/mol. The summed E-state index contributed by atoms with van der Waals surface area (Å²) in [5.74, 6) is -0.437. The van der Waals surface area contributed by atoms with Crippen molar-refractivity contribution >= 4 is 38.3 Å². The predicted molar refractivity (Wildman–Crippen MR) is 121 cm³/mol. The molecule has 164 valence electrons. The zero-order valence-corrected chi connectivity index (χ0v) is 19.6. The molecule has 1 aliphatic carbocycles. The van der Waals surface area contributed by atoms with Crippen LogP contribution in [0.15, 0.2) is 29.1 Å². The minimum Gasteiger partial charge on any atom is -0.394 e. The number of benzene rings is 1. The minimum absolute atomic E-state index is 0.0267. The standard InChI is InChI=1S/C20H24FIN2O5S/c1-12-7-17(23-30(28,29)20(5-6-20)10-15(26)11-25)18(24(2)19(12)27)8-13-3-4-14(22)9-16(13)21/h3-4,7,9,15,23,25-26H,5-6,8,10-11H2,1-2H3/t15-/m0/s1. The van der Waals surface area contributed by atoms with E-state index >= 15 is 0 Å². The topological polar surface area (TPSA) is 109 Å². The van der Waals surface area contributed by atoms with E-state index in [0.717, 1.165) is 3.57 Å². The first kappa shape index (κ1) is 23.2. The van der Waals surface area contributed by atoms with Crippen LogP contribution in [-0.4, -0.2) is 40.7 Å². The van der Waals surface area contributed by atoms with Crippen molar-refractivity contribution in [3.63, 3.8) is 0 Å². The average molecular weight is 550 g/mol. The molecule has 1 aromatic heterocycles. The first-order chi connectivity index (χ1) is 14.0. The van der Waals surface area contributed by atoms with Crippen molar-refractivity contribution in [2.75, 3.05) is 11.3 Å². The van der Waals surface area contributed by atoms with Crippen molar-refractivity contribution in [1.29, 1.82) is 0 Å². The highest BCUT2D eigenvalue weighted by molar-refractivity contribution is 14.1. The van der Waals surface area contributed by atoms with E-state index in [4.69, 9.17) is 5.11 Å². The Morgan fingerprint density at radius 2 is 2.00 bits per heavy atom. The number of hydrogen-bond acceptors (Lipinski definition) is 5. The van der Waals surface area contributed by atoms with Gasteiger partial charge >= 0.3 is 0 Å². The molecule has 0 radical (unpaired) electrons. The van der Waals surface area contributed by atoms with Gasteiger partial charge in [-0.2, -0.15) is 0 Å². The van der Waals surface area contributed by atoms with Gasteiger partial charge in [-0.1, -0.05) is 6.07 Å². The van der Waals surface area contributed by atoms with Gasteiger partial charge in [0.25, 0.3) is 5.56 Å². The van der Waals surface area contributed by atoms with Crippen molar-refractivity contribution < 1.29 is 23.0 Å². The first-order valence-corrected chi connectivity index (χ1v) is 12.0. The summed E-state index contributed by atoms with van der Waals surface area (Å²) in [6.45, 7) is 1.06. The fraction of sp³-hybridized carbons (Fsp3) is 0.450. The van der Waals surface area contributed by atoms with Gasteiger partial charge in [-0.15, -0.1) is 0 Å². The molecular formula is C20H24FIN2O5S. The van der Waals surface area contributed by atoms with Gasteiger partial charge < -0.3 is 14.8 Å². The zero-order chi connectivity index (χ0) is 22.3. The fourth-order valence-corrected chi connectivity index (χ4v) is 5.73. The summed E-state index contributed by atoms with van der Waals surface area (Å²) in [4.78, 5) is 12.5. The third kappa shape index (κ3) is 4.56. The van der Waals surface area contributed by atoms with Crippen molar-refractivity contribution in [2.24, 2.45) is 7.05 Å². The van der Waals surface area contributed by atoms with E-state index in [0.29, 0.717) is 29.7 Å². The van der Waals surface area contributed by atoms with Crippen molar-refractivity contribution in [1.82, 2.24) is 4.57 Å². The smallest absolute Gasteiger partial charge is 0.253 e. The summed E-state index contributed by atoms with van der Waals surface area (Å²) < 4.78 is 44.1. The highest BCUT2D eigenvalue weighted by Gasteiger charge is 2.55. The van der Waals surface area contributed by atoms with Gasteiger partial charge in [0, 0.05) is 28.3 Å². The summed E-state index contributed by atoms with van der Waals surface area (Å²) in [5.41, 5.74) is 0.939. The molecule has 0 bridgehead atoms. The number of anilines is 1. The van der Waals surface area contributed by atoms with Crippen LogP contribution in [0.25, 0.3) is 0 Å². The second kappa shape index (κ2) is 8.56.